The normalized spacial score (nSPS) is 13.9. The molecular formula is C16H17N3O2. The number of imidazole rings is 1. The third-order valence-corrected chi connectivity index (χ3v) is 3.78. The molecule has 0 fully saturated rings. The highest BCUT2D eigenvalue weighted by Crippen LogP contribution is 2.22. The van der Waals surface area contributed by atoms with Crippen molar-refractivity contribution in [2.24, 2.45) is 0 Å². The van der Waals surface area contributed by atoms with Crippen molar-refractivity contribution < 1.29 is 9.59 Å². The molecule has 1 aromatic carbocycles. The summed E-state index contributed by atoms with van der Waals surface area (Å²) in [5, 5.41) is 0. The van der Waals surface area contributed by atoms with Crippen molar-refractivity contribution >= 4 is 11.8 Å². The molecule has 2 amide bonds. The number of amides is 2. The summed E-state index contributed by atoms with van der Waals surface area (Å²) >= 11 is 0. The van der Waals surface area contributed by atoms with Gasteiger partial charge in [0, 0.05) is 31.9 Å². The van der Waals surface area contributed by atoms with E-state index < -0.39 is 0 Å². The van der Waals surface area contributed by atoms with Gasteiger partial charge in [-0.1, -0.05) is 19.1 Å². The molecule has 0 aliphatic carbocycles. The van der Waals surface area contributed by atoms with Gasteiger partial charge in [0.05, 0.1) is 11.1 Å². The summed E-state index contributed by atoms with van der Waals surface area (Å²) in [7, 11) is 0. The van der Waals surface area contributed by atoms with Crippen molar-refractivity contribution in [3.8, 4) is 0 Å². The van der Waals surface area contributed by atoms with Crippen LogP contribution in [0.2, 0.25) is 0 Å². The average Bonchev–Trinajstić information content (AvgIpc) is 3.06. The first-order valence-corrected chi connectivity index (χ1v) is 7.17. The van der Waals surface area contributed by atoms with Gasteiger partial charge in [0.1, 0.15) is 5.82 Å². The van der Waals surface area contributed by atoms with Crippen LogP contribution in [-0.2, 0) is 13.0 Å². The number of hydrogen-bond donors (Lipinski definition) is 0. The fourth-order valence-electron chi connectivity index (χ4n) is 2.70. The molecule has 0 unspecified atom stereocenters. The molecule has 5 nitrogen and oxygen atoms in total. The van der Waals surface area contributed by atoms with Crippen LogP contribution >= 0.6 is 0 Å². The lowest BCUT2D eigenvalue weighted by molar-refractivity contribution is 0.0650. The molecular weight excluding hydrogens is 266 g/mol. The maximum atomic E-state index is 12.2. The number of carbonyl (C=O) groups excluding carboxylic acids is 2. The van der Waals surface area contributed by atoms with E-state index in [0.717, 1.165) is 25.2 Å². The van der Waals surface area contributed by atoms with Crippen LogP contribution in [0.5, 0.6) is 0 Å². The lowest BCUT2D eigenvalue weighted by atomic mass is 10.1. The standard InChI is InChI=1S/C16H17N3O2/c1-2-14-17-8-11-18(14)9-5-10-19-15(20)12-6-3-4-7-13(12)16(19)21/h3-4,6-8,11H,2,5,9-10H2,1H3. The fourth-order valence-corrected chi connectivity index (χ4v) is 2.70. The van der Waals surface area contributed by atoms with E-state index in [1.54, 1.807) is 30.5 Å². The molecule has 1 aliphatic heterocycles. The molecule has 1 aliphatic rings. The Kier molecular flexibility index (Phi) is 3.56. The maximum Gasteiger partial charge on any atom is 0.261 e. The molecule has 2 heterocycles. The number of aryl methyl sites for hydroxylation is 2. The monoisotopic (exact) mass is 283 g/mol. The second-order valence-electron chi connectivity index (χ2n) is 5.05. The lowest BCUT2D eigenvalue weighted by Gasteiger charge is -2.14. The first-order valence-electron chi connectivity index (χ1n) is 7.17. The van der Waals surface area contributed by atoms with E-state index in [1.807, 2.05) is 6.20 Å². The number of hydrogen-bond acceptors (Lipinski definition) is 3. The summed E-state index contributed by atoms with van der Waals surface area (Å²) in [6, 6.07) is 6.99. The van der Waals surface area contributed by atoms with E-state index >= 15 is 0 Å². The van der Waals surface area contributed by atoms with Crippen LogP contribution in [0, 0.1) is 0 Å². The van der Waals surface area contributed by atoms with Gasteiger partial charge in [-0.2, -0.15) is 0 Å². The molecule has 5 heteroatoms. The molecule has 1 aromatic heterocycles. The van der Waals surface area contributed by atoms with Crippen LogP contribution in [0.25, 0.3) is 0 Å². The number of aromatic nitrogens is 2. The fraction of sp³-hybridized carbons (Fsp3) is 0.312. The summed E-state index contributed by atoms with van der Waals surface area (Å²) in [6.07, 6.45) is 5.32. The number of rotatable bonds is 5. The van der Waals surface area contributed by atoms with E-state index in [9.17, 15) is 9.59 Å². The topological polar surface area (TPSA) is 55.2 Å². The number of nitrogens with zero attached hydrogens (tertiary/aromatic N) is 3. The Morgan fingerprint density at radius 3 is 2.33 bits per heavy atom. The zero-order valence-corrected chi connectivity index (χ0v) is 12.0. The van der Waals surface area contributed by atoms with Crippen LogP contribution in [0.1, 0.15) is 39.9 Å². The molecule has 2 aromatic rings. The highest BCUT2D eigenvalue weighted by molar-refractivity contribution is 6.21. The quantitative estimate of drug-likeness (QED) is 0.790. The molecule has 3 rings (SSSR count). The average molecular weight is 283 g/mol. The molecule has 108 valence electrons. The van der Waals surface area contributed by atoms with Gasteiger partial charge in [-0.25, -0.2) is 4.98 Å². The smallest absolute Gasteiger partial charge is 0.261 e. The summed E-state index contributed by atoms with van der Waals surface area (Å²) in [4.78, 5) is 30.0. The van der Waals surface area contributed by atoms with Crippen LogP contribution in [0.3, 0.4) is 0 Å². The minimum absolute atomic E-state index is 0.183. The first kappa shape index (κ1) is 13.5. The van der Waals surface area contributed by atoms with Gasteiger partial charge in [-0.3, -0.25) is 14.5 Å². The first-order chi connectivity index (χ1) is 10.2. The Morgan fingerprint density at radius 2 is 1.71 bits per heavy atom. The Hall–Kier alpha value is -2.43. The molecule has 0 N–H and O–H groups in total. The van der Waals surface area contributed by atoms with E-state index in [2.05, 4.69) is 16.5 Å². The molecule has 0 saturated heterocycles. The molecule has 0 saturated carbocycles. The van der Waals surface area contributed by atoms with E-state index in [1.165, 1.54) is 4.90 Å². The third-order valence-electron chi connectivity index (χ3n) is 3.78. The summed E-state index contributed by atoms with van der Waals surface area (Å²) in [5.41, 5.74) is 1.03. The zero-order chi connectivity index (χ0) is 14.8. The van der Waals surface area contributed by atoms with Crippen molar-refractivity contribution in [1.82, 2.24) is 14.5 Å². The van der Waals surface area contributed by atoms with Crippen molar-refractivity contribution in [2.45, 2.75) is 26.3 Å². The van der Waals surface area contributed by atoms with Crippen LogP contribution < -0.4 is 0 Å². The minimum atomic E-state index is -0.183. The second-order valence-corrected chi connectivity index (χ2v) is 5.05. The Morgan fingerprint density at radius 1 is 1.05 bits per heavy atom. The predicted molar refractivity (Wildman–Crippen MR) is 78.0 cm³/mol. The summed E-state index contributed by atoms with van der Waals surface area (Å²) < 4.78 is 2.07. The Bertz CT molecular complexity index is 655. The van der Waals surface area contributed by atoms with Gasteiger partial charge >= 0.3 is 0 Å². The van der Waals surface area contributed by atoms with E-state index in [0.29, 0.717) is 17.7 Å². The van der Waals surface area contributed by atoms with Crippen LogP contribution in [0.15, 0.2) is 36.7 Å². The van der Waals surface area contributed by atoms with Gasteiger partial charge < -0.3 is 4.57 Å². The number of imide groups is 1. The molecule has 0 bridgehead atoms. The third kappa shape index (κ3) is 2.35. The Labute approximate surface area is 123 Å². The van der Waals surface area contributed by atoms with Crippen molar-refractivity contribution in [3.63, 3.8) is 0 Å². The molecule has 0 spiro atoms. The minimum Gasteiger partial charge on any atom is -0.335 e. The highest BCUT2D eigenvalue weighted by Gasteiger charge is 2.34. The number of benzene rings is 1. The molecule has 0 radical (unpaired) electrons. The zero-order valence-electron chi connectivity index (χ0n) is 12.0. The van der Waals surface area contributed by atoms with Crippen molar-refractivity contribution in [3.05, 3.63) is 53.6 Å². The van der Waals surface area contributed by atoms with Crippen LogP contribution in [-0.4, -0.2) is 32.8 Å². The van der Waals surface area contributed by atoms with Crippen molar-refractivity contribution in [1.29, 1.82) is 0 Å². The van der Waals surface area contributed by atoms with Gasteiger partial charge in [0.25, 0.3) is 11.8 Å². The van der Waals surface area contributed by atoms with Crippen LogP contribution in [0.4, 0.5) is 0 Å². The predicted octanol–water partition coefficient (Wildman–Crippen LogP) is 2.13. The highest BCUT2D eigenvalue weighted by atomic mass is 16.2. The summed E-state index contributed by atoms with van der Waals surface area (Å²) in [5.74, 6) is 0.659. The SMILES string of the molecule is CCc1nccn1CCCN1C(=O)c2ccccc2C1=O. The van der Waals surface area contributed by atoms with Gasteiger partial charge in [0.2, 0.25) is 0 Å². The van der Waals surface area contributed by atoms with Gasteiger partial charge in [-0.05, 0) is 18.6 Å². The molecule has 21 heavy (non-hydrogen) atoms. The van der Waals surface area contributed by atoms with E-state index in [4.69, 9.17) is 0 Å². The maximum absolute atomic E-state index is 12.2. The number of carbonyl (C=O) groups is 2. The number of fused-ring (bicyclic) bond motifs is 1. The Balaban J connectivity index is 1.65. The largest absolute Gasteiger partial charge is 0.335 e. The van der Waals surface area contributed by atoms with Gasteiger partial charge in [-0.15, -0.1) is 0 Å². The summed E-state index contributed by atoms with van der Waals surface area (Å²) in [6.45, 7) is 3.26. The van der Waals surface area contributed by atoms with Crippen molar-refractivity contribution in [2.75, 3.05) is 6.54 Å². The van der Waals surface area contributed by atoms with E-state index in [-0.39, 0.29) is 11.8 Å². The van der Waals surface area contributed by atoms with Gasteiger partial charge in [0.15, 0.2) is 0 Å². The second kappa shape index (κ2) is 5.52. The molecule has 0 atom stereocenters. The lowest BCUT2D eigenvalue weighted by Crippen LogP contribution is -2.31.